The average molecular weight is 486 g/mol. The molecule has 1 fully saturated rings. The molecule has 0 radical (unpaired) electrons. The maximum absolute atomic E-state index is 6.39. The molecule has 4 rings (SSSR count). The Morgan fingerprint density at radius 1 is 0.528 bits per heavy atom. The number of furan rings is 3. The van der Waals surface area contributed by atoms with Crippen molar-refractivity contribution in [2.75, 3.05) is 0 Å². The third kappa shape index (κ3) is 6.46. The molecule has 3 aromatic heterocycles. The van der Waals surface area contributed by atoms with E-state index in [-0.39, 0.29) is 0 Å². The smallest absolute Gasteiger partial charge is 0.469 e. The Bertz CT molecular complexity index is 1080. The maximum Gasteiger partial charge on any atom is 0.470 e. The van der Waals surface area contributed by atoms with Gasteiger partial charge in [-0.1, -0.05) is 34.9 Å². The average Bonchev–Trinajstić information content (AvgIpc) is 3.60. The van der Waals surface area contributed by atoms with Gasteiger partial charge in [-0.05, 0) is 59.7 Å². The molecular formula is C27H33B3O6. The van der Waals surface area contributed by atoms with E-state index < -0.39 is 21.4 Å². The summed E-state index contributed by atoms with van der Waals surface area (Å²) in [7, 11) is -2.07. The lowest BCUT2D eigenvalue weighted by Crippen LogP contribution is -2.62. The van der Waals surface area contributed by atoms with Gasteiger partial charge in [0, 0.05) is 35.7 Å². The van der Waals surface area contributed by atoms with Crippen LogP contribution in [0.25, 0.3) is 0 Å². The van der Waals surface area contributed by atoms with E-state index in [0.717, 1.165) is 33.7 Å². The summed E-state index contributed by atoms with van der Waals surface area (Å²) in [6, 6.07) is 5.70. The highest BCUT2D eigenvalue weighted by Gasteiger charge is 2.47. The second kappa shape index (κ2) is 11.9. The fourth-order valence-corrected chi connectivity index (χ4v) is 3.94. The molecule has 0 aromatic carbocycles. The highest BCUT2D eigenvalue weighted by Crippen LogP contribution is 2.17. The number of rotatable bonds is 9. The molecular weight excluding hydrogens is 453 g/mol. The van der Waals surface area contributed by atoms with Crippen LogP contribution in [0.15, 0.2) is 85.2 Å². The van der Waals surface area contributed by atoms with Crippen LogP contribution in [0.5, 0.6) is 0 Å². The van der Waals surface area contributed by atoms with Crippen LogP contribution in [0, 0.1) is 0 Å². The van der Waals surface area contributed by atoms with E-state index in [1.165, 1.54) is 16.7 Å². The van der Waals surface area contributed by atoms with Crippen LogP contribution in [-0.4, -0.2) is 21.4 Å². The minimum Gasteiger partial charge on any atom is -0.469 e. The van der Waals surface area contributed by atoms with Crippen LogP contribution in [0.3, 0.4) is 0 Å². The molecule has 0 atom stereocenters. The molecule has 0 aliphatic carbocycles. The van der Waals surface area contributed by atoms with Crippen LogP contribution in [0.2, 0.25) is 0 Å². The monoisotopic (exact) mass is 486 g/mol. The highest BCUT2D eigenvalue weighted by atomic mass is 16.7. The second-order valence-electron chi connectivity index (χ2n) is 9.76. The molecule has 6 nitrogen and oxygen atoms in total. The molecule has 0 unspecified atom stereocenters. The molecule has 1 aliphatic heterocycles. The molecule has 0 saturated carbocycles. The molecule has 0 amide bonds. The second-order valence-corrected chi connectivity index (χ2v) is 9.76. The van der Waals surface area contributed by atoms with Crippen LogP contribution in [-0.2, 0) is 33.0 Å². The molecule has 1 saturated heterocycles. The molecule has 0 bridgehead atoms. The summed E-state index contributed by atoms with van der Waals surface area (Å²) in [5, 5.41) is 0. The molecule has 1 aliphatic rings. The Labute approximate surface area is 214 Å². The minimum absolute atomic E-state index is 0.652. The molecule has 9 heteroatoms. The van der Waals surface area contributed by atoms with E-state index in [4.69, 9.17) is 27.0 Å². The quantitative estimate of drug-likeness (QED) is 0.327. The predicted molar refractivity (Wildman–Crippen MR) is 145 cm³/mol. The molecule has 4 heterocycles. The summed E-state index contributed by atoms with van der Waals surface area (Å²) in [5.41, 5.74) is 6.17. The SMILES string of the molecule is CC(C)=CCc1occc1B1OB(c2ccoc2CC=C(C)C)OB(c2ccoc2CC=C(C)C)O1. The standard InChI is InChI=1S/C27H33B3O6/c1-19(2)7-10-25-22(13-16-31-25)28-34-29(23-14-17-32-26(23)11-8-20(3)4)36-30(35-28)24-15-18-33-27(24)12-9-21(5)6/h7-9,13-18H,10-12H2,1-6H3. The maximum atomic E-state index is 6.39. The molecule has 186 valence electrons. The number of allylic oxidation sites excluding steroid dienone is 6. The van der Waals surface area contributed by atoms with Crippen molar-refractivity contribution in [2.45, 2.75) is 60.8 Å². The van der Waals surface area contributed by atoms with Gasteiger partial charge in [-0.25, -0.2) is 0 Å². The van der Waals surface area contributed by atoms with Crippen molar-refractivity contribution in [1.29, 1.82) is 0 Å². The summed E-state index contributed by atoms with van der Waals surface area (Å²) in [6.45, 7) is 12.4. The Morgan fingerprint density at radius 3 is 1.06 bits per heavy atom. The van der Waals surface area contributed by atoms with Gasteiger partial charge in [-0.3, -0.25) is 0 Å². The summed E-state index contributed by atoms with van der Waals surface area (Å²) in [6.07, 6.45) is 13.3. The van der Waals surface area contributed by atoms with Crippen molar-refractivity contribution in [1.82, 2.24) is 0 Å². The van der Waals surface area contributed by atoms with Crippen LogP contribution < -0.4 is 16.4 Å². The van der Waals surface area contributed by atoms with E-state index in [2.05, 4.69) is 59.8 Å². The van der Waals surface area contributed by atoms with Crippen molar-refractivity contribution < 1.29 is 27.0 Å². The normalized spacial score (nSPS) is 13.7. The zero-order chi connectivity index (χ0) is 25.7. The van der Waals surface area contributed by atoms with Crippen molar-refractivity contribution >= 4 is 37.7 Å². The third-order valence-corrected chi connectivity index (χ3v) is 5.93. The van der Waals surface area contributed by atoms with Crippen molar-refractivity contribution in [2.24, 2.45) is 0 Å². The Kier molecular flexibility index (Phi) is 8.67. The lowest BCUT2D eigenvalue weighted by atomic mass is 9.61. The van der Waals surface area contributed by atoms with E-state index in [1.807, 2.05) is 18.2 Å². The Hall–Kier alpha value is -2.87. The summed E-state index contributed by atoms with van der Waals surface area (Å²) in [4.78, 5) is 0. The highest BCUT2D eigenvalue weighted by molar-refractivity contribution is 6.87. The first-order valence-electron chi connectivity index (χ1n) is 12.4. The first kappa shape index (κ1) is 26.2. The molecule has 0 spiro atoms. The van der Waals surface area contributed by atoms with Gasteiger partial charge in [0.05, 0.1) is 18.8 Å². The van der Waals surface area contributed by atoms with Crippen molar-refractivity contribution in [3.8, 4) is 0 Å². The number of hydrogen-bond donors (Lipinski definition) is 0. The van der Waals surface area contributed by atoms with Gasteiger partial charge in [-0.15, -0.1) is 0 Å². The lowest BCUT2D eigenvalue weighted by Gasteiger charge is -2.31. The van der Waals surface area contributed by atoms with Gasteiger partial charge in [0.2, 0.25) is 0 Å². The fourth-order valence-electron chi connectivity index (χ4n) is 3.94. The van der Waals surface area contributed by atoms with Gasteiger partial charge >= 0.3 is 21.4 Å². The predicted octanol–water partition coefficient (Wildman–Crippen LogP) is 4.54. The molecule has 36 heavy (non-hydrogen) atoms. The largest absolute Gasteiger partial charge is 0.470 e. The van der Waals surface area contributed by atoms with Crippen LogP contribution in [0.1, 0.15) is 58.8 Å². The zero-order valence-electron chi connectivity index (χ0n) is 22.0. The first-order chi connectivity index (χ1) is 17.3. The van der Waals surface area contributed by atoms with E-state index >= 15 is 0 Å². The third-order valence-electron chi connectivity index (χ3n) is 5.93. The van der Waals surface area contributed by atoms with Gasteiger partial charge < -0.3 is 27.0 Å². The van der Waals surface area contributed by atoms with Crippen LogP contribution in [0.4, 0.5) is 0 Å². The Morgan fingerprint density at radius 2 is 0.806 bits per heavy atom. The Balaban J connectivity index is 1.68. The summed E-state index contributed by atoms with van der Waals surface area (Å²) >= 11 is 0. The van der Waals surface area contributed by atoms with Gasteiger partial charge in [0.15, 0.2) is 0 Å². The summed E-state index contributed by atoms with van der Waals surface area (Å²) < 4.78 is 36.6. The van der Waals surface area contributed by atoms with Crippen molar-refractivity contribution in [3.05, 3.63) is 89.2 Å². The first-order valence-corrected chi connectivity index (χ1v) is 12.4. The summed E-state index contributed by atoms with van der Waals surface area (Å²) in [5.74, 6) is 2.40. The van der Waals surface area contributed by atoms with Gasteiger partial charge in [0.1, 0.15) is 17.3 Å². The molecule has 3 aromatic rings. The molecule has 0 N–H and O–H groups in total. The topological polar surface area (TPSA) is 67.1 Å². The van der Waals surface area contributed by atoms with E-state index in [1.54, 1.807) is 18.8 Å². The van der Waals surface area contributed by atoms with Gasteiger partial charge in [-0.2, -0.15) is 0 Å². The lowest BCUT2D eigenvalue weighted by molar-refractivity contribution is 0.307. The van der Waals surface area contributed by atoms with Crippen LogP contribution >= 0.6 is 0 Å². The minimum atomic E-state index is -0.689. The van der Waals surface area contributed by atoms with E-state index in [0.29, 0.717) is 19.3 Å². The van der Waals surface area contributed by atoms with Gasteiger partial charge in [0.25, 0.3) is 0 Å². The zero-order valence-corrected chi connectivity index (χ0v) is 22.0. The number of hydrogen-bond acceptors (Lipinski definition) is 6. The van der Waals surface area contributed by atoms with E-state index in [9.17, 15) is 0 Å². The fraction of sp³-hybridized carbons (Fsp3) is 0.333. The van der Waals surface area contributed by atoms with Crippen molar-refractivity contribution in [3.63, 3.8) is 0 Å².